The number of rotatable bonds is 8. The predicted molar refractivity (Wildman–Crippen MR) is 105 cm³/mol. The van der Waals surface area contributed by atoms with Crippen LogP contribution < -0.4 is 5.32 Å². The maximum absolute atomic E-state index is 12.3. The Morgan fingerprint density at radius 1 is 1.21 bits per heavy atom. The maximum Gasteiger partial charge on any atom is 0.220 e. The van der Waals surface area contributed by atoms with Gasteiger partial charge in [0.1, 0.15) is 6.10 Å². The second-order valence-corrected chi connectivity index (χ2v) is 7.42. The van der Waals surface area contributed by atoms with Crippen molar-refractivity contribution in [1.29, 1.82) is 0 Å². The number of carbonyl (C=O) groups excluding carboxylic acids is 1. The number of hydrogen-bond acceptors (Lipinski definition) is 7. The number of amides is 1. The molecule has 156 valence electrons. The Balaban J connectivity index is 1.20. The largest absolute Gasteiger partial charge is 0.379 e. The third-order valence-electron chi connectivity index (χ3n) is 5.43. The molecule has 9 nitrogen and oxygen atoms in total. The summed E-state index contributed by atoms with van der Waals surface area (Å²) in [7, 11) is 0. The van der Waals surface area contributed by atoms with Gasteiger partial charge in [-0.25, -0.2) is 4.68 Å². The molecular formula is C20H28N6O3. The molecular weight excluding hydrogens is 372 g/mol. The number of tetrazole rings is 1. The second-order valence-electron chi connectivity index (χ2n) is 7.42. The number of ether oxygens (including phenoxy) is 2. The molecule has 2 aliphatic heterocycles. The van der Waals surface area contributed by atoms with E-state index in [2.05, 4.69) is 37.9 Å². The molecule has 1 saturated heterocycles. The highest BCUT2D eigenvalue weighted by Crippen LogP contribution is 2.26. The van der Waals surface area contributed by atoms with E-state index < -0.39 is 0 Å². The van der Waals surface area contributed by atoms with E-state index in [0.29, 0.717) is 39.1 Å². The SMILES string of the molecule is O=C(CCCn1nnnc1CN1CCOCC1)NCC1OCCc2ccccc21. The van der Waals surface area contributed by atoms with Crippen LogP contribution in [0.15, 0.2) is 24.3 Å². The van der Waals surface area contributed by atoms with Gasteiger partial charge in [-0.05, 0) is 34.4 Å². The van der Waals surface area contributed by atoms with Crippen LogP contribution in [0.25, 0.3) is 0 Å². The molecule has 1 aromatic carbocycles. The fourth-order valence-corrected chi connectivity index (χ4v) is 3.80. The lowest BCUT2D eigenvalue weighted by molar-refractivity contribution is -0.122. The summed E-state index contributed by atoms with van der Waals surface area (Å²) in [4.78, 5) is 14.6. The predicted octanol–water partition coefficient (Wildman–Crippen LogP) is 0.716. The number of nitrogens with one attached hydrogen (secondary N) is 1. The molecule has 29 heavy (non-hydrogen) atoms. The van der Waals surface area contributed by atoms with Crippen LogP contribution in [0.2, 0.25) is 0 Å². The Hall–Kier alpha value is -2.36. The van der Waals surface area contributed by atoms with Crippen molar-refractivity contribution in [2.75, 3.05) is 39.5 Å². The molecule has 4 rings (SSSR count). The van der Waals surface area contributed by atoms with Gasteiger partial charge in [-0.1, -0.05) is 24.3 Å². The average Bonchev–Trinajstić information content (AvgIpc) is 3.20. The molecule has 2 aromatic rings. The summed E-state index contributed by atoms with van der Waals surface area (Å²) in [5, 5.41) is 15.0. The minimum Gasteiger partial charge on any atom is -0.379 e. The van der Waals surface area contributed by atoms with Gasteiger partial charge in [0.05, 0.1) is 26.4 Å². The van der Waals surface area contributed by atoms with Gasteiger partial charge < -0.3 is 14.8 Å². The Kier molecular flexibility index (Phi) is 6.81. The van der Waals surface area contributed by atoms with Gasteiger partial charge in [0.15, 0.2) is 5.82 Å². The maximum atomic E-state index is 12.3. The molecule has 1 amide bonds. The third-order valence-corrected chi connectivity index (χ3v) is 5.43. The van der Waals surface area contributed by atoms with Crippen LogP contribution >= 0.6 is 0 Å². The molecule has 1 N–H and O–H groups in total. The zero-order chi connectivity index (χ0) is 19.9. The Bertz CT molecular complexity index is 805. The summed E-state index contributed by atoms with van der Waals surface area (Å²) < 4.78 is 13.0. The van der Waals surface area contributed by atoms with E-state index in [1.807, 2.05) is 12.1 Å². The molecule has 1 aromatic heterocycles. The van der Waals surface area contributed by atoms with Crippen molar-refractivity contribution in [3.63, 3.8) is 0 Å². The first-order valence-corrected chi connectivity index (χ1v) is 10.3. The van der Waals surface area contributed by atoms with Gasteiger partial charge >= 0.3 is 0 Å². The summed E-state index contributed by atoms with van der Waals surface area (Å²) in [6, 6.07) is 8.28. The topological polar surface area (TPSA) is 94.4 Å². The van der Waals surface area contributed by atoms with E-state index in [-0.39, 0.29) is 12.0 Å². The van der Waals surface area contributed by atoms with Crippen LogP contribution in [0, 0.1) is 0 Å². The van der Waals surface area contributed by atoms with E-state index in [1.54, 1.807) is 4.68 Å². The van der Waals surface area contributed by atoms with E-state index in [4.69, 9.17) is 9.47 Å². The second kappa shape index (κ2) is 9.91. The Labute approximate surface area is 170 Å². The van der Waals surface area contributed by atoms with Crippen LogP contribution in [0.1, 0.15) is 35.9 Å². The first-order chi connectivity index (χ1) is 14.3. The number of benzene rings is 1. The van der Waals surface area contributed by atoms with Crippen LogP contribution in [0.3, 0.4) is 0 Å². The summed E-state index contributed by atoms with van der Waals surface area (Å²) in [5.41, 5.74) is 2.49. The highest BCUT2D eigenvalue weighted by molar-refractivity contribution is 5.75. The fourth-order valence-electron chi connectivity index (χ4n) is 3.80. The number of nitrogens with zero attached hydrogens (tertiary/aromatic N) is 5. The monoisotopic (exact) mass is 400 g/mol. The van der Waals surface area contributed by atoms with E-state index in [9.17, 15) is 4.79 Å². The van der Waals surface area contributed by atoms with Crippen molar-refractivity contribution in [2.45, 2.75) is 38.5 Å². The fraction of sp³-hybridized carbons (Fsp3) is 0.600. The number of aryl methyl sites for hydroxylation is 1. The Morgan fingerprint density at radius 3 is 2.97 bits per heavy atom. The third kappa shape index (κ3) is 5.37. The number of hydrogen-bond donors (Lipinski definition) is 1. The smallest absolute Gasteiger partial charge is 0.220 e. The zero-order valence-electron chi connectivity index (χ0n) is 16.6. The van der Waals surface area contributed by atoms with Crippen LogP contribution in [-0.2, 0) is 33.8 Å². The molecule has 0 bridgehead atoms. The van der Waals surface area contributed by atoms with Gasteiger partial charge in [0.25, 0.3) is 0 Å². The molecule has 0 aliphatic carbocycles. The molecule has 3 heterocycles. The van der Waals surface area contributed by atoms with Crippen LogP contribution in [0.5, 0.6) is 0 Å². The standard InChI is InChI=1S/C20H28N6O3/c27-20(21-14-18-17-5-2-1-4-16(17)7-11-29-18)6-3-8-26-19(22-23-24-26)15-25-9-12-28-13-10-25/h1-2,4-5,18H,3,6-15H2,(H,21,27). The summed E-state index contributed by atoms with van der Waals surface area (Å²) in [5.74, 6) is 0.860. The van der Waals surface area contributed by atoms with Crippen LogP contribution in [-0.4, -0.2) is 70.5 Å². The van der Waals surface area contributed by atoms with Crippen molar-refractivity contribution >= 4 is 5.91 Å². The normalized spacial score (nSPS) is 19.7. The van der Waals surface area contributed by atoms with Gasteiger partial charge in [0.2, 0.25) is 5.91 Å². The van der Waals surface area contributed by atoms with Crippen LogP contribution in [0.4, 0.5) is 0 Å². The Morgan fingerprint density at radius 2 is 2.07 bits per heavy atom. The average molecular weight is 400 g/mol. The number of fused-ring (bicyclic) bond motifs is 1. The molecule has 1 unspecified atom stereocenters. The lowest BCUT2D eigenvalue weighted by atomic mass is 9.97. The summed E-state index contributed by atoms with van der Waals surface area (Å²) in [6.45, 7) is 5.81. The molecule has 2 aliphatic rings. The number of morpholine rings is 1. The minimum atomic E-state index is -0.0662. The number of aromatic nitrogens is 4. The van der Waals surface area contributed by atoms with Gasteiger partial charge in [-0.3, -0.25) is 9.69 Å². The lowest BCUT2D eigenvalue weighted by Crippen LogP contribution is -2.36. The van der Waals surface area contributed by atoms with Gasteiger partial charge in [-0.2, -0.15) is 0 Å². The molecule has 1 atom stereocenters. The van der Waals surface area contributed by atoms with E-state index >= 15 is 0 Å². The van der Waals surface area contributed by atoms with Crippen molar-refractivity contribution < 1.29 is 14.3 Å². The summed E-state index contributed by atoms with van der Waals surface area (Å²) in [6.07, 6.45) is 1.99. The van der Waals surface area contributed by atoms with Crippen molar-refractivity contribution in [3.8, 4) is 0 Å². The van der Waals surface area contributed by atoms with Gasteiger partial charge in [-0.15, -0.1) is 5.10 Å². The lowest BCUT2D eigenvalue weighted by Gasteiger charge is -2.26. The summed E-state index contributed by atoms with van der Waals surface area (Å²) >= 11 is 0. The minimum absolute atomic E-state index is 0.0273. The zero-order valence-corrected chi connectivity index (χ0v) is 16.6. The van der Waals surface area contributed by atoms with E-state index in [1.165, 1.54) is 11.1 Å². The van der Waals surface area contributed by atoms with Crippen molar-refractivity contribution in [2.24, 2.45) is 0 Å². The molecule has 0 spiro atoms. The number of carbonyl (C=O) groups is 1. The molecule has 1 fully saturated rings. The highest BCUT2D eigenvalue weighted by Gasteiger charge is 2.21. The molecule has 0 radical (unpaired) electrons. The molecule has 0 saturated carbocycles. The molecule has 9 heteroatoms. The highest BCUT2D eigenvalue weighted by atomic mass is 16.5. The quantitative estimate of drug-likeness (QED) is 0.698. The van der Waals surface area contributed by atoms with Crippen molar-refractivity contribution in [1.82, 2.24) is 30.4 Å². The first kappa shape index (κ1) is 19.9. The van der Waals surface area contributed by atoms with E-state index in [0.717, 1.165) is 38.5 Å². The van der Waals surface area contributed by atoms with Crippen molar-refractivity contribution in [3.05, 3.63) is 41.2 Å². The van der Waals surface area contributed by atoms with Gasteiger partial charge in [0, 0.05) is 32.6 Å². The first-order valence-electron chi connectivity index (χ1n) is 10.3.